The zero-order valence-corrected chi connectivity index (χ0v) is 12.1. The molecule has 2 saturated carbocycles. The van der Waals surface area contributed by atoms with Gasteiger partial charge in [-0.3, -0.25) is 4.79 Å². The SMILES string of the molecule is O=C(CC1CCCC1)N1CCNCC12CCCCC2. The van der Waals surface area contributed by atoms with Gasteiger partial charge in [-0.15, -0.1) is 0 Å². The van der Waals surface area contributed by atoms with Gasteiger partial charge in [-0.25, -0.2) is 0 Å². The molecule has 3 aliphatic rings. The fraction of sp³-hybridized carbons (Fsp3) is 0.938. The minimum absolute atomic E-state index is 0.173. The molecule has 1 aliphatic heterocycles. The number of nitrogens with one attached hydrogen (secondary N) is 1. The molecule has 19 heavy (non-hydrogen) atoms. The van der Waals surface area contributed by atoms with Crippen LogP contribution >= 0.6 is 0 Å². The Bertz CT molecular complexity index is 308. The zero-order valence-electron chi connectivity index (χ0n) is 12.1. The number of nitrogens with zero attached hydrogens (tertiary/aromatic N) is 1. The Morgan fingerprint density at radius 3 is 2.58 bits per heavy atom. The van der Waals surface area contributed by atoms with E-state index in [1.807, 2.05) is 0 Å². The van der Waals surface area contributed by atoms with E-state index in [1.165, 1.54) is 57.8 Å². The van der Waals surface area contributed by atoms with E-state index in [0.29, 0.717) is 11.8 Å². The summed E-state index contributed by atoms with van der Waals surface area (Å²) >= 11 is 0. The molecule has 1 N–H and O–H groups in total. The summed E-state index contributed by atoms with van der Waals surface area (Å²) < 4.78 is 0. The fourth-order valence-electron chi connectivity index (χ4n) is 4.46. The number of hydrogen-bond donors (Lipinski definition) is 1. The van der Waals surface area contributed by atoms with Gasteiger partial charge in [0.25, 0.3) is 0 Å². The molecule has 0 unspecified atom stereocenters. The van der Waals surface area contributed by atoms with E-state index in [4.69, 9.17) is 0 Å². The normalized spacial score (nSPS) is 27.9. The maximum absolute atomic E-state index is 12.7. The highest BCUT2D eigenvalue weighted by Crippen LogP contribution is 2.36. The van der Waals surface area contributed by atoms with Crippen molar-refractivity contribution in [2.75, 3.05) is 19.6 Å². The first kappa shape index (κ1) is 13.4. The molecule has 1 saturated heterocycles. The molecular weight excluding hydrogens is 236 g/mol. The molecule has 3 rings (SSSR count). The minimum atomic E-state index is 0.173. The molecule has 0 radical (unpaired) electrons. The van der Waals surface area contributed by atoms with Crippen LogP contribution in [0.25, 0.3) is 0 Å². The molecule has 108 valence electrons. The van der Waals surface area contributed by atoms with Gasteiger partial charge in [0.2, 0.25) is 5.91 Å². The second-order valence-corrected chi connectivity index (χ2v) is 6.86. The highest BCUT2D eigenvalue weighted by Gasteiger charge is 2.42. The molecule has 1 amide bonds. The lowest BCUT2D eigenvalue weighted by atomic mass is 9.78. The Hall–Kier alpha value is -0.570. The van der Waals surface area contributed by atoms with Crippen LogP contribution in [0.3, 0.4) is 0 Å². The number of carbonyl (C=O) groups is 1. The first-order valence-electron chi connectivity index (χ1n) is 8.31. The number of piperazine rings is 1. The number of carbonyl (C=O) groups excluding carboxylic acids is 1. The highest BCUT2D eigenvalue weighted by molar-refractivity contribution is 5.77. The molecule has 0 aromatic heterocycles. The summed E-state index contributed by atoms with van der Waals surface area (Å²) in [4.78, 5) is 15.0. The molecule has 0 aromatic carbocycles. The number of rotatable bonds is 2. The Labute approximate surface area is 117 Å². The van der Waals surface area contributed by atoms with Crippen LogP contribution in [0.5, 0.6) is 0 Å². The van der Waals surface area contributed by atoms with Crippen LogP contribution in [0, 0.1) is 5.92 Å². The zero-order chi connectivity index (χ0) is 13.1. The lowest BCUT2D eigenvalue weighted by molar-refractivity contribution is -0.141. The van der Waals surface area contributed by atoms with Gasteiger partial charge in [0.05, 0.1) is 5.54 Å². The van der Waals surface area contributed by atoms with Gasteiger partial charge in [-0.05, 0) is 31.6 Å². The third kappa shape index (κ3) is 2.81. The minimum Gasteiger partial charge on any atom is -0.334 e. The van der Waals surface area contributed by atoms with Gasteiger partial charge in [0, 0.05) is 26.1 Å². The first-order chi connectivity index (χ1) is 9.30. The van der Waals surface area contributed by atoms with Crippen molar-refractivity contribution in [2.45, 2.75) is 69.7 Å². The van der Waals surface area contributed by atoms with Crippen LogP contribution in [0.2, 0.25) is 0 Å². The Balaban J connectivity index is 1.66. The van der Waals surface area contributed by atoms with E-state index >= 15 is 0 Å². The molecular formula is C16H28N2O. The van der Waals surface area contributed by atoms with Crippen molar-refractivity contribution >= 4 is 5.91 Å². The highest BCUT2D eigenvalue weighted by atomic mass is 16.2. The van der Waals surface area contributed by atoms with E-state index in [-0.39, 0.29) is 5.54 Å². The summed E-state index contributed by atoms with van der Waals surface area (Å²) in [6.07, 6.45) is 12.5. The smallest absolute Gasteiger partial charge is 0.223 e. The second-order valence-electron chi connectivity index (χ2n) is 6.86. The Morgan fingerprint density at radius 1 is 1.11 bits per heavy atom. The fourth-order valence-corrected chi connectivity index (χ4v) is 4.46. The Kier molecular flexibility index (Phi) is 4.11. The summed E-state index contributed by atoms with van der Waals surface area (Å²) in [5, 5.41) is 3.53. The van der Waals surface area contributed by atoms with Crippen LogP contribution in [-0.4, -0.2) is 36.0 Å². The molecule has 0 bridgehead atoms. The average Bonchev–Trinajstić information content (AvgIpc) is 2.93. The van der Waals surface area contributed by atoms with Crippen LogP contribution in [0.4, 0.5) is 0 Å². The summed E-state index contributed by atoms with van der Waals surface area (Å²) in [5.41, 5.74) is 0.173. The molecule has 3 nitrogen and oxygen atoms in total. The summed E-state index contributed by atoms with van der Waals surface area (Å²) in [6.45, 7) is 2.95. The van der Waals surface area contributed by atoms with Crippen molar-refractivity contribution in [3.05, 3.63) is 0 Å². The second kappa shape index (κ2) is 5.82. The van der Waals surface area contributed by atoms with Gasteiger partial charge in [-0.1, -0.05) is 32.1 Å². The average molecular weight is 264 g/mol. The van der Waals surface area contributed by atoms with E-state index in [1.54, 1.807) is 0 Å². The van der Waals surface area contributed by atoms with Gasteiger partial charge in [0.15, 0.2) is 0 Å². The molecule has 1 spiro atoms. The number of amides is 1. The summed E-state index contributed by atoms with van der Waals surface area (Å²) in [5.74, 6) is 1.14. The van der Waals surface area contributed by atoms with Crippen LogP contribution in [-0.2, 0) is 4.79 Å². The predicted molar refractivity (Wildman–Crippen MR) is 77.0 cm³/mol. The summed E-state index contributed by atoms with van der Waals surface area (Å²) in [6, 6.07) is 0. The van der Waals surface area contributed by atoms with Gasteiger partial charge >= 0.3 is 0 Å². The van der Waals surface area contributed by atoms with Gasteiger partial charge in [-0.2, -0.15) is 0 Å². The van der Waals surface area contributed by atoms with Gasteiger partial charge < -0.3 is 10.2 Å². The van der Waals surface area contributed by atoms with Crippen molar-refractivity contribution < 1.29 is 4.79 Å². The maximum Gasteiger partial charge on any atom is 0.223 e. The van der Waals surface area contributed by atoms with E-state index in [0.717, 1.165) is 26.1 Å². The van der Waals surface area contributed by atoms with E-state index in [2.05, 4.69) is 10.2 Å². The van der Waals surface area contributed by atoms with Crippen molar-refractivity contribution in [1.29, 1.82) is 0 Å². The van der Waals surface area contributed by atoms with Crippen molar-refractivity contribution in [3.63, 3.8) is 0 Å². The third-order valence-corrected chi connectivity index (χ3v) is 5.56. The standard InChI is InChI=1S/C16H28N2O/c19-15(12-14-6-2-3-7-14)18-11-10-17-13-16(18)8-4-1-5-9-16/h14,17H,1-13H2. The van der Waals surface area contributed by atoms with Crippen molar-refractivity contribution in [1.82, 2.24) is 10.2 Å². The maximum atomic E-state index is 12.7. The molecule has 3 fully saturated rings. The van der Waals surface area contributed by atoms with E-state index in [9.17, 15) is 4.79 Å². The van der Waals surface area contributed by atoms with Crippen molar-refractivity contribution in [2.24, 2.45) is 5.92 Å². The number of hydrogen-bond acceptors (Lipinski definition) is 2. The van der Waals surface area contributed by atoms with Crippen LogP contribution < -0.4 is 5.32 Å². The van der Waals surface area contributed by atoms with Crippen molar-refractivity contribution in [3.8, 4) is 0 Å². The van der Waals surface area contributed by atoms with Gasteiger partial charge in [0.1, 0.15) is 0 Å². The predicted octanol–water partition coefficient (Wildman–Crippen LogP) is 2.70. The molecule has 3 heteroatoms. The monoisotopic (exact) mass is 264 g/mol. The quantitative estimate of drug-likeness (QED) is 0.831. The summed E-state index contributed by atoms with van der Waals surface area (Å²) in [7, 11) is 0. The topological polar surface area (TPSA) is 32.3 Å². The third-order valence-electron chi connectivity index (χ3n) is 5.56. The lowest BCUT2D eigenvalue weighted by Crippen LogP contribution is -2.63. The van der Waals surface area contributed by atoms with Crippen LogP contribution in [0.15, 0.2) is 0 Å². The Morgan fingerprint density at radius 2 is 1.84 bits per heavy atom. The lowest BCUT2D eigenvalue weighted by Gasteiger charge is -2.50. The molecule has 0 aromatic rings. The molecule has 0 atom stereocenters. The largest absolute Gasteiger partial charge is 0.334 e. The molecule has 1 heterocycles. The van der Waals surface area contributed by atoms with Crippen LogP contribution in [0.1, 0.15) is 64.2 Å². The molecule has 2 aliphatic carbocycles. The van der Waals surface area contributed by atoms with E-state index < -0.39 is 0 Å². The first-order valence-corrected chi connectivity index (χ1v) is 8.31.